The maximum atomic E-state index is 12.5. The summed E-state index contributed by atoms with van der Waals surface area (Å²) in [6.45, 7) is 7.72. The van der Waals surface area contributed by atoms with Crippen LogP contribution in [0.25, 0.3) is 0 Å². The molecule has 0 aliphatic heterocycles. The Morgan fingerprint density at radius 1 is 1.00 bits per heavy atom. The predicted molar refractivity (Wildman–Crippen MR) is 118 cm³/mol. The Kier molecular flexibility index (Phi) is 8.88. The number of methoxy groups -OCH3 is 1. The molecule has 2 aromatic carbocycles. The van der Waals surface area contributed by atoms with Crippen LogP contribution in [0.15, 0.2) is 42.5 Å². The monoisotopic (exact) mass is 429 g/mol. The number of rotatable bonds is 11. The molecule has 0 bridgehead atoms. The summed E-state index contributed by atoms with van der Waals surface area (Å²) in [6, 6.07) is 12.3. The van der Waals surface area contributed by atoms with E-state index >= 15 is 0 Å². The van der Waals surface area contributed by atoms with Crippen molar-refractivity contribution in [2.75, 3.05) is 7.11 Å². The van der Waals surface area contributed by atoms with E-state index in [9.17, 15) is 14.7 Å². The molecule has 31 heavy (non-hydrogen) atoms. The summed E-state index contributed by atoms with van der Waals surface area (Å²) in [5.41, 5.74) is 2.05. The van der Waals surface area contributed by atoms with Crippen LogP contribution in [0.4, 0.5) is 0 Å². The first kappa shape index (κ1) is 24.2. The Hall–Kier alpha value is -3.06. The van der Waals surface area contributed by atoms with Crippen molar-refractivity contribution in [2.24, 2.45) is 0 Å². The molecule has 1 unspecified atom stereocenters. The molecule has 7 heteroatoms. The lowest BCUT2D eigenvalue weighted by atomic mass is 10.0. The minimum atomic E-state index is -1.01. The summed E-state index contributed by atoms with van der Waals surface area (Å²) in [5.74, 6) is 0.0817. The molecule has 2 N–H and O–H groups in total. The standard InChI is InChI=1S/C24H31NO6/c1-15(2)30-20-9-7-18(8-10-20)23(26)25-14-19-12-17(6-11-21(19)29-5)13-22(24(27)28)31-16(3)4/h6-12,15-16,22H,13-14H2,1-5H3,(H,25,26)(H,27,28). The molecule has 7 nitrogen and oxygen atoms in total. The van der Waals surface area contributed by atoms with Crippen LogP contribution in [0, 0.1) is 0 Å². The zero-order chi connectivity index (χ0) is 23.0. The Morgan fingerprint density at radius 3 is 2.23 bits per heavy atom. The van der Waals surface area contributed by atoms with Gasteiger partial charge < -0.3 is 24.6 Å². The molecule has 0 fully saturated rings. The highest BCUT2D eigenvalue weighted by Gasteiger charge is 2.21. The van der Waals surface area contributed by atoms with Crippen molar-refractivity contribution in [3.8, 4) is 11.5 Å². The van der Waals surface area contributed by atoms with Gasteiger partial charge in [-0.1, -0.05) is 12.1 Å². The highest BCUT2D eigenvalue weighted by molar-refractivity contribution is 5.94. The molecule has 0 aliphatic carbocycles. The summed E-state index contributed by atoms with van der Waals surface area (Å²) >= 11 is 0. The topological polar surface area (TPSA) is 94.1 Å². The fourth-order valence-electron chi connectivity index (χ4n) is 3.07. The first-order valence-corrected chi connectivity index (χ1v) is 10.3. The second-order valence-electron chi connectivity index (χ2n) is 7.74. The van der Waals surface area contributed by atoms with Crippen LogP contribution in [-0.2, 0) is 22.5 Å². The Balaban J connectivity index is 2.08. The van der Waals surface area contributed by atoms with Crippen molar-refractivity contribution in [1.29, 1.82) is 0 Å². The third-order valence-electron chi connectivity index (χ3n) is 4.41. The van der Waals surface area contributed by atoms with Crippen LogP contribution in [0.3, 0.4) is 0 Å². The molecule has 0 heterocycles. The number of nitrogens with one attached hydrogen (secondary N) is 1. The first-order valence-electron chi connectivity index (χ1n) is 10.3. The number of carbonyl (C=O) groups is 2. The van der Waals surface area contributed by atoms with Crippen molar-refractivity contribution in [1.82, 2.24) is 5.32 Å². The third kappa shape index (κ3) is 7.61. The van der Waals surface area contributed by atoms with Gasteiger partial charge in [-0.15, -0.1) is 0 Å². The Bertz CT molecular complexity index is 876. The lowest BCUT2D eigenvalue weighted by Crippen LogP contribution is -2.29. The lowest BCUT2D eigenvalue weighted by Gasteiger charge is -2.18. The summed E-state index contributed by atoms with van der Waals surface area (Å²) in [7, 11) is 1.55. The smallest absolute Gasteiger partial charge is 0.333 e. The average Bonchev–Trinajstić information content (AvgIpc) is 2.71. The summed E-state index contributed by atoms with van der Waals surface area (Å²) in [6.07, 6.45) is -0.862. The number of carboxylic acids is 1. The van der Waals surface area contributed by atoms with Crippen LogP contribution in [-0.4, -0.2) is 42.4 Å². The van der Waals surface area contributed by atoms with Crippen LogP contribution < -0.4 is 14.8 Å². The number of amides is 1. The highest BCUT2D eigenvalue weighted by atomic mass is 16.5. The van der Waals surface area contributed by atoms with E-state index in [4.69, 9.17) is 14.2 Å². The normalized spacial score (nSPS) is 12.0. The van der Waals surface area contributed by atoms with Gasteiger partial charge in [-0.3, -0.25) is 4.79 Å². The molecule has 0 saturated carbocycles. The number of hydrogen-bond acceptors (Lipinski definition) is 5. The fraction of sp³-hybridized carbons (Fsp3) is 0.417. The van der Waals surface area contributed by atoms with Crippen LogP contribution in [0.5, 0.6) is 11.5 Å². The number of carbonyl (C=O) groups excluding carboxylic acids is 1. The van der Waals surface area contributed by atoms with Crippen molar-refractivity contribution < 1.29 is 28.9 Å². The minimum Gasteiger partial charge on any atom is -0.496 e. The van der Waals surface area contributed by atoms with Gasteiger partial charge in [0.25, 0.3) is 5.91 Å². The molecule has 1 atom stereocenters. The number of carboxylic acid groups (broad SMARTS) is 1. The first-order chi connectivity index (χ1) is 14.7. The van der Waals surface area contributed by atoms with E-state index in [1.54, 1.807) is 57.4 Å². The van der Waals surface area contributed by atoms with E-state index in [-0.39, 0.29) is 31.1 Å². The average molecular weight is 430 g/mol. The summed E-state index contributed by atoms with van der Waals surface area (Å²) in [4.78, 5) is 24.0. The fourth-order valence-corrected chi connectivity index (χ4v) is 3.07. The van der Waals surface area contributed by atoms with Crippen LogP contribution in [0.1, 0.15) is 49.2 Å². The van der Waals surface area contributed by atoms with Gasteiger partial charge in [0.1, 0.15) is 11.5 Å². The van der Waals surface area contributed by atoms with Crippen molar-refractivity contribution in [3.05, 3.63) is 59.2 Å². The van der Waals surface area contributed by atoms with Gasteiger partial charge in [-0.05, 0) is 63.6 Å². The van der Waals surface area contributed by atoms with Gasteiger partial charge >= 0.3 is 5.97 Å². The van der Waals surface area contributed by atoms with Gasteiger partial charge in [-0.2, -0.15) is 0 Å². The lowest BCUT2D eigenvalue weighted by molar-refractivity contribution is -0.153. The van der Waals surface area contributed by atoms with E-state index in [1.807, 2.05) is 19.9 Å². The molecule has 0 radical (unpaired) electrons. The van der Waals surface area contributed by atoms with Gasteiger partial charge in [0, 0.05) is 24.1 Å². The second-order valence-corrected chi connectivity index (χ2v) is 7.74. The largest absolute Gasteiger partial charge is 0.496 e. The van der Waals surface area contributed by atoms with E-state index in [1.165, 1.54) is 0 Å². The molecule has 0 aliphatic rings. The molecular weight excluding hydrogens is 398 g/mol. The zero-order valence-corrected chi connectivity index (χ0v) is 18.7. The third-order valence-corrected chi connectivity index (χ3v) is 4.41. The maximum Gasteiger partial charge on any atom is 0.333 e. The summed E-state index contributed by atoms with van der Waals surface area (Å²) < 4.78 is 16.5. The van der Waals surface area contributed by atoms with Gasteiger partial charge in [-0.25, -0.2) is 4.79 Å². The van der Waals surface area contributed by atoms with E-state index in [2.05, 4.69) is 5.32 Å². The molecule has 0 saturated heterocycles. The maximum absolute atomic E-state index is 12.5. The molecule has 2 aromatic rings. The summed E-state index contributed by atoms with van der Waals surface area (Å²) in [5, 5.41) is 12.3. The molecule has 0 spiro atoms. The molecule has 1 amide bonds. The Morgan fingerprint density at radius 2 is 1.68 bits per heavy atom. The Labute approximate surface area is 183 Å². The van der Waals surface area contributed by atoms with Gasteiger partial charge in [0.05, 0.1) is 19.3 Å². The van der Waals surface area contributed by atoms with Crippen molar-refractivity contribution in [3.63, 3.8) is 0 Å². The van der Waals surface area contributed by atoms with E-state index < -0.39 is 12.1 Å². The van der Waals surface area contributed by atoms with E-state index in [0.717, 1.165) is 11.1 Å². The van der Waals surface area contributed by atoms with E-state index in [0.29, 0.717) is 17.1 Å². The number of ether oxygens (including phenoxy) is 3. The zero-order valence-electron chi connectivity index (χ0n) is 18.7. The highest BCUT2D eigenvalue weighted by Crippen LogP contribution is 2.22. The molecule has 168 valence electrons. The van der Waals surface area contributed by atoms with Crippen LogP contribution in [0.2, 0.25) is 0 Å². The molecule has 0 aromatic heterocycles. The van der Waals surface area contributed by atoms with Gasteiger partial charge in [0.2, 0.25) is 0 Å². The van der Waals surface area contributed by atoms with Gasteiger partial charge in [0.15, 0.2) is 6.10 Å². The minimum absolute atomic E-state index is 0.0612. The molecular formula is C24H31NO6. The SMILES string of the molecule is COc1ccc(CC(OC(C)C)C(=O)O)cc1CNC(=O)c1ccc(OC(C)C)cc1. The quantitative estimate of drug-likeness (QED) is 0.564. The predicted octanol–water partition coefficient (Wildman–Crippen LogP) is 3.83. The van der Waals surface area contributed by atoms with Crippen molar-refractivity contribution in [2.45, 2.75) is 59.0 Å². The number of hydrogen-bond donors (Lipinski definition) is 2. The number of benzene rings is 2. The second kappa shape index (κ2) is 11.4. The van der Waals surface area contributed by atoms with Crippen LogP contribution >= 0.6 is 0 Å². The van der Waals surface area contributed by atoms with Crippen molar-refractivity contribution >= 4 is 11.9 Å². The molecule has 2 rings (SSSR count). The number of aliphatic carboxylic acids is 1.